The van der Waals surface area contributed by atoms with Crippen LogP contribution >= 0.6 is 23.2 Å². The molecule has 2 aromatic rings. The van der Waals surface area contributed by atoms with E-state index in [-0.39, 0.29) is 6.04 Å². The van der Waals surface area contributed by atoms with Gasteiger partial charge in [0.25, 0.3) is 0 Å². The van der Waals surface area contributed by atoms with Crippen molar-refractivity contribution in [1.29, 1.82) is 5.26 Å². The van der Waals surface area contributed by atoms with Gasteiger partial charge in [-0.15, -0.1) is 0 Å². The number of rotatable bonds is 3. The first-order valence-electron chi connectivity index (χ1n) is 6.21. The maximum atomic E-state index is 9.24. The number of anilines is 1. The lowest BCUT2D eigenvalue weighted by Crippen LogP contribution is -2.22. The van der Waals surface area contributed by atoms with Crippen LogP contribution in [0.15, 0.2) is 42.5 Å². The van der Waals surface area contributed by atoms with Gasteiger partial charge < -0.3 is 4.90 Å². The van der Waals surface area contributed by atoms with Gasteiger partial charge in [0.15, 0.2) is 0 Å². The lowest BCUT2D eigenvalue weighted by molar-refractivity contribution is 0.739. The molecule has 0 aliphatic rings. The van der Waals surface area contributed by atoms with Crippen LogP contribution in [0.25, 0.3) is 0 Å². The fraction of sp³-hybridized carbons (Fsp3) is 0.188. The highest BCUT2D eigenvalue weighted by Gasteiger charge is 2.17. The van der Waals surface area contributed by atoms with Crippen molar-refractivity contribution in [2.75, 3.05) is 11.9 Å². The van der Waals surface area contributed by atoms with Crippen LogP contribution in [0.3, 0.4) is 0 Å². The quantitative estimate of drug-likeness (QED) is 0.792. The van der Waals surface area contributed by atoms with Gasteiger partial charge in [0.2, 0.25) is 0 Å². The summed E-state index contributed by atoms with van der Waals surface area (Å²) in [5.74, 6) is 0. The molecule has 1 unspecified atom stereocenters. The molecule has 0 heterocycles. The molecular weight excluding hydrogens is 291 g/mol. The van der Waals surface area contributed by atoms with E-state index in [1.165, 1.54) is 0 Å². The number of nitriles is 1. The number of halogens is 2. The standard InChI is InChI=1S/C16H14Cl2N2/c1-11(14-5-3-4-6-15(14)18)20(2)16-8-7-13(17)9-12(16)10-19/h3-9,11H,1-2H3. The molecule has 2 nitrogen and oxygen atoms in total. The van der Waals surface area contributed by atoms with Gasteiger partial charge in [-0.1, -0.05) is 41.4 Å². The second-order valence-electron chi connectivity index (χ2n) is 4.58. The summed E-state index contributed by atoms with van der Waals surface area (Å²) in [5.41, 5.74) is 2.42. The van der Waals surface area contributed by atoms with Crippen LogP contribution < -0.4 is 4.90 Å². The van der Waals surface area contributed by atoms with Crippen LogP contribution in [-0.2, 0) is 0 Å². The van der Waals surface area contributed by atoms with Crippen LogP contribution in [0.1, 0.15) is 24.1 Å². The summed E-state index contributed by atoms with van der Waals surface area (Å²) in [6.45, 7) is 2.05. The van der Waals surface area contributed by atoms with Crippen molar-refractivity contribution in [1.82, 2.24) is 0 Å². The van der Waals surface area contributed by atoms with E-state index in [0.717, 1.165) is 16.3 Å². The van der Waals surface area contributed by atoms with E-state index in [4.69, 9.17) is 23.2 Å². The third-order valence-corrected chi connectivity index (χ3v) is 3.97. The Morgan fingerprint density at radius 2 is 1.85 bits per heavy atom. The summed E-state index contributed by atoms with van der Waals surface area (Å²) in [5, 5.41) is 10.5. The minimum atomic E-state index is 0.0528. The normalized spacial score (nSPS) is 11.8. The predicted octanol–water partition coefficient (Wildman–Crippen LogP) is 5.06. The lowest BCUT2D eigenvalue weighted by atomic mass is 10.1. The zero-order valence-electron chi connectivity index (χ0n) is 11.3. The van der Waals surface area contributed by atoms with Gasteiger partial charge in [0, 0.05) is 17.1 Å². The Kier molecular flexibility index (Phi) is 4.54. The fourth-order valence-electron chi connectivity index (χ4n) is 2.14. The first-order valence-corrected chi connectivity index (χ1v) is 6.97. The Morgan fingerprint density at radius 3 is 2.50 bits per heavy atom. The lowest BCUT2D eigenvalue weighted by Gasteiger charge is -2.28. The van der Waals surface area contributed by atoms with Gasteiger partial charge in [-0.05, 0) is 36.8 Å². The summed E-state index contributed by atoms with van der Waals surface area (Å²) >= 11 is 12.2. The van der Waals surface area contributed by atoms with E-state index in [2.05, 4.69) is 13.0 Å². The molecule has 0 saturated carbocycles. The van der Waals surface area contributed by atoms with Crippen LogP contribution in [-0.4, -0.2) is 7.05 Å². The minimum Gasteiger partial charge on any atom is -0.367 e. The Bertz CT molecular complexity index is 662. The monoisotopic (exact) mass is 304 g/mol. The predicted molar refractivity (Wildman–Crippen MR) is 84.4 cm³/mol. The van der Waals surface area contributed by atoms with E-state index in [0.29, 0.717) is 10.6 Å². The Hall–Kier alpha value is -1.69. The molecule has 2 rings (SSSR count). The molecule has 0 bridgehead atoms. The zero-order valence-corrected chi connectivity index (χ0v) is 12.8. The molecule has 0 spiro atoms. The van der Waals surface area contributed by atoms with Crippen LogP contribution in [0.5, 0.6) is 0 Å². The van der Waals surface area contributed by atoms with E-state index in [9.17, 15) is 5.26 Å². The maximum absolute atomic E-state index is 9.24. The van der Waals surface area contributed by atoms with E-state index < -0.39 is 0 Å². The van der Waals surface area contributed by atoms with Gasteiger partial charge >= 0.3 is 0 Å². The number of nitrogens with zero attached hydrogens (tertiary/aromatic N) is 2. The average Bonchev–Trinajstić information content (AvgIpc) is 2.46. The minimum absolute atomic E-state index is 0.0528. The first-order chi connectivity index (χ1) is 9.54. The molecule has 0 fully saturated rings. The van der Waals surface area contributed by atoms with Gasteiger partial charge in [-0.2, -0.15) is 5.26 Å². The molecule has 0 aliphatic carbocycles. The molecule has 0 aliphatic heterocycles. The second kappa shape index (κ2) is 6.17. The summed E-state index contributed by atoms with van der Waals surface area (Å²) in [7, 11) is 1.94. The molecule has 0 radical (unpaired) electrons. The van der Waals surface area contributed by atoms with Gasteiger partial charge in [0.1, 0.15) is 6.07 Å². The van der Waals surface area contributed by atoms with Crippen molar-refractivity contribution in [3.8, 4) is 6.07 Å². The molecule has 20 heavy (non-hydrogen) atoms. The van der Waals surface area contributed by atoms with E-state index in [1.807, 2.05) is 42.3 Å². The Morgan fingerprint density at radius 1 is 1.15 bits per heavy atom. The summed E-state index contributed by atoms with van der Waals surface area (Å²) in [6, 6.07) is 15.3. The number of hydrogen-bond acceptors (Lipinski definition) is 2. The average molecular weight is 305 g/mol. The third-order valence-electron chi connectivity index (χ3n) is 3.40. The van der Waals surface area contributed by atoms with Crippen molar-refractivity contribution >= 4 is 28.9 Å². The zero-order chi connectivity index (χ0) is 14.7. The largest absolute Gasteiger partial charge is 0.367 e. The first kappa shape index (κ1) is 14.7. The fourth-order valence-corrected chi connectivity index (χ4v) is 2.60. The molecule has 0 N–H and O–H groups in total. The molecular formula is C16H14Cl2N2. The molecule has 2 aromatic carbocycles. The molecule has 102 valence electrons. The van der Waals surface area contributed by atoms with Crippen molar-refractivity contribution in [2.24, 2.45) is 0 Å². The molecule has 0 saturated heterocycles. The Balaban J connectivity index is 2.39. The van der Waals surface area contributed by atoms with Crippen LogP contribution in [0, 0.1) is 11.3 Å². The van der Waals surface area contributed by atoms with Crippen LogP contribution in [0.4, 0.5) is 5.69 Å². The van der Waals surface area contributed by atoms with E-state index in [1.54, 1.807) is 12.1 Å². The van der Waals surface area contributed by atoms with Gasteiger partial charge in [-0.25, -0.2) is 0 Å². The third kappa shape index (κ3) is 2.90. The summed E-state index contributed by atoms with van der Waals surface area (Å²) < 4.78 is 0. The topological polar surface area (TPSA) is 27.0 Å². The summed E-state index contributed by atoms with van der Waals surface area (Å²) in [4.78, 5) is 2.02. The van der Waals surface area contributed by atoms with E-state index >= 15 is 0 Å². The highest BCUT2D eigenvalue weighted by Crippen LogP contribution is 2.32. The highest BCUT2D eigenvalue weighted by molar-refractivity contribution is 6.31. The van der Waals surface area contributed by atoms with Gasteiger partial charge in [-0.3, -0.25) is 0 Å². The van der Waals surface area contributed by atoms with Crippen molar-refractivity contribution in [3.05, 3.63) is 63.6 Å². The number of benzene rings is 2. The smallest absolute Gasteiger partial charge is 0.101 e. The Labute approximate surface area is 129 Å². The highest BCUT2D eigenvalue weighted by atomic mass is 35.5. The number of hydrogen-bond donors (Lipinski definition) is 0. The van der Waals surface area contributed by atoms with Crippen molar-refractivity contribution in [3.63, 3.8) is 0 Å². The second-order valence-corrected chi connectivity index (χ2v) is 5.43. The summed E-state index contributed by atoms with van der Waals surface area (Å²) in [6.07, 6.45) is 0. The maximum Gasteiger partial charge on any atom is 0.101 e. The molecule has 0 amide bonds. The van der Waals surface area contributed by atoms with Crippen LogP contribution in [0.2, 0.25) is 10.0 Å². The molecule has 1 atom stereocenters. The van der Waals surface area contributed by atoms with Gasteiger partial charge in [0.05, 0.1) is 17.3 Å². The SMILES string of the molecule is CC(c1ccccc1Cl)N(C)c1ccc(Cl)cc1C#N. The molecule has 0 aromatic heterocycles. The molecule has 4 heteroatoms. The van der Waals surface area contributed by atoms with Crippen molar-refractivity contribution < 1.29 is 0 Å². The van der Waals surface area contributed by atoms with Crippen molar-refractivity contribution in [2.45, 2.75) is 13.0 Å².